The Morgan fingerprint density at radius 3 is 1.30 bits per heavy atom. The summed E-state index contributed by atoms with van der Waals surface area (Å²) in [5.41, 5.74) is 13.0. The fourth-order valence-corrected chi connectivity index (χ4v) is 1.22. The zero-order valence-electron chi connectivity index (χ0n) is 12.9. The molecule has 0 aliphatic rings. The summed E-state index contributed by atoms with van der Waals surface area (Å²) in [5.74, 6) is 12.7. The Morgan fingerprint density at radius 1 is 0.750 bits per heavy atom. The van der Waals surface area contributed by atoms with Crippen LogP contribution in [0.1, 0.15) is 38.8 Å². The summed E-state index contributed by atoms with van der Waals surface area (Å²) in [6.07, 6.45) is 0. The molecule has 0 fully saturated rings. The minimum atomic E-state index is -0.149. The van der Waals surface area contributed by atoms with Crippen LogP contribution in [-0.4, -0.2) is 13.1 Å². The van der Waals surface area contributed by atoms with Crippen LogP contribution in [0, 0.1) is 34.5 Å². The van der Waals surface area contributed by atoms with Gasteiger partial charge < -0.3 is 11.5 Å². The van der Waals surface area contributed by atoms with E-state index in [0.29, 0.717) is 13.1 Å². The lowest BCUT2D eigenvalue weighted by molar-refractivity contribution is 0.518. The summed E-state index contributed by atoms with van der Waals surface area (Å²) in [5, 5.41) is 0. The van der Waals surface area contributed by atoms with Gasteiger partial charge in [-0.2, -0.15) is 0 Å². The van der Waals surface area contributed by atoms with Crippen molar-refractivity contribution in [3.05, 3.63) is 35.4 Å². The fourth-order valence-electron chi connectivity index (χ4n) is 1.22. The van der Waals surface area contributed by atoms with E-state index < -0.39 is 0 Å². The molecule has 0 saturated carbocycles. The van der Waals surface area contributed by atoms with Crippen LogP contribution in [0.3, 0.4) is 0 Å². The van der Waals surface area contributed by atoms with E-state index in [1.807, 2.05) is 52.0 Å². The molecule has 1 rings (SSSR count). The molecule has 2 nitrogen and oxygen atoms in total. The molecule has 0 amide bonds. The maximum atomic E-state index is 5.66. The molecule has 2 heteroatoms. The predicted molar refractivity (Wildman–Crippen MR) is 85.9 cm³/mol. The second-order valence-electron chi connectivity index (χ2n) is 6.25. The number of rotatable bonds is 2. The first-order valence-corrected chi connectivity index (χ1v) is 6.84. The van der Waals surface area contributed by atoms with Crippen LogP contribution >= 0.6 is 0 Å². The Balaban J connectivity index is 2.85. The molecule has 4 N–H and O–H groups in total. The van der Waals surface area contributed by atoms with E-state index in [-0.39, 0.29) is 10.8 Å². The molecule has 0 unspecified atom stereocenters. The summed E-state index contributed by atoms with van der Waals surface area (Å²) in [7, 11) is 0. The zero-order chi connectivity index (χ0) is 15.2. The number of hydrogen-bond acceptors (Lipinski definition) is 2. The summed E-state index contributed by atoms with van der Waals surface area (Å²) in [6, 6.07) is 7.94. The molecule has 0 aromatic heterocycles. The van der Waals surface area contributed by atoms with E-state index in [1.165, 1.54) is 0 Å². The van der Waals surface area contributed by atoms with E-state index in [4.69, 9.17) is 11.5 Å². The van der Waals surface area contributed by atoms with Crippen molar-refractivity contribution in [2.45, 2.75) is 27.7 Å². The lowest BCUT2D eigenvalue weighted by Crippen LogP contribution is -2.21. The van der Waals surface area contributed by atoms with E-state index >= 15 is 0 Å². The van der Waals surface area contributed by atoms with Crippen LogP contribution < -0.4 is 11.5 Å². The van der Waals surface area contributed by atoms with Gasteiger partial charge in [-0.3, -0.25) is 0 Å². The van der Waals surface area contributed by atoms with Crippen molar-refractivity contribution in [3.63, 3.8) is 0 Å². The maximum absolute atomic E-state index is 5.66. The van der Waals surface area contributed by atoms with E-state index in [0.717, 1.165) is 11.1 Å². The number of nitrogens with two attached hydrogens (primary N) is 2. The van der Waals surface area contributed by atoms with Gasteiger partial charge in [0.05, 0.1) is 0 Å². The smallest absolute Gasteiger partial charge is 0.0384 e. The molecule has 0 aliphatic carbocycles. The molecule has 1 aromatic carbocycles. The molecule has 106 valence electrons. The molecule has 0 aliphatic heterocycles. The standard InChI is InChI=1S/C18H24N2/c1-17(2,13-19)11-9-15-5-7-16(8-6-15)10-12-18(3,4)14-20/h5-8H,13-14,19-20H2,1-4H3. The normalized spacial score (nSPS) is 11.1. The van der Waals surface area contributed by atoms with Crippen molar-refractivity contribution in [1.82, 2.24) is 0 Å². The quantitative estimate of drug-likeness (QED) is 0.809. The topological polar surface area (TPSA) is 52.0 Å². The van der Waals surface area contributed by atoms with Gasteiger partial charge in [0.15, 0.2) is 0 Å². The van der Waals surface area contributed by atoms with E-state index in [1.54, 1.807) is 0 Å². The lowest BCUT2D eigenvalue weighted by atomic mass is 9.94. The molecule has 0 atom stereocenters. The maximum Gasteiger partial charge on any atom is 0.0384 e. The van der Waals surface area contributed by atoms with Crippen molar-refractivity contribution < 1.29 is 0 Å². The molecule has 0 spiro atoms. The van der Waals surface area contributed by atoms with Gasteiger partial charge in [0.1, 0.15) is 0 Å². The van der Waals surface area contributed by atoms with Gasteiger partial charge >= 0.3 is 0 Å². The molecule has 0 radical (unpaired) electrons. The minimum Gasteiger partial charge on any atom is -0.329 e. The summed E-state index contributed by atoms with van der Waals surface area (Å²) in [4.78, 5) is 0. The number of hydrogen-bond donors (Lipinski definition) is 2. The van der Waals surface area contributed by atoms with Crippen LogP contribution in [0.5, 0.6) is 0 Å². The predicted octanol–water partition coefficient (Wildman–Crippen LogP) is 2.36. The lowest BCUT2D eigenvalue weighted by Gasteiger charge is -2.13. The SMILES string of the molecule is CC(C)(C#Cc1ccc(C#CC(C)(C)CN)cc1)CN. The van der Waals surface area contributed by atoms with Crippen LogP contribution in [-0.2, 0) is 0 Å². The first kappa shape index (κ1) is 16.3. The highest BCUT2D eigenvalue weighted by Crippen LogP contribution is 2.12. The van der Waals surface area contributed by atoms with Gasteiger partial charge in [0, 0.05) is 35.0 Å². The van der Waals surface area contributed by atoms with Crippen LogP contribution in [0.4, 0.5) is 0 Å². The van der Waals surface area contributed by atoms with Crippen molar-refractivity contribution in [3.8, 4) is 23.7 Å². The zero-order valence-corrected chi connectivity index (χ0v) is 12.9. The van der Waals surface area contributed by atoms with Crippen molar-refractivity contribution in [2.24, 2.45) is 22.3 Å². The molecule has 0 heterocycles. The summed E-state index contributed by atoms with van der Waals surface area (Å²) in [6.45, 7) is 9.25. The number of benzene rings is 1. The first-order valence-electron chi connectivity index (χ1n) is 6.84. The highest BCUT2D eigenvalue weighted by atomic mass is 14.6. The minimum absolute atomic E-state index is 0.149. The Bertz CT molecular complexity index is 504. The summed E-state index contributed by atoms with van der Waals surface area (Å²) >= 11 is 0. The monoisotopic (exact) mass is 268 g/mol. The third kappa shape index (κ3) is 5.49. The van der Waals surface area contributed by atoms with E-state index in [9.17, 15) is 0 Å². The average Bonchev–Trinajstić information content (AvgIpc) is 2.44. The van der Waals surface area contributed by atoms with Crippen molar-refractivity contribution in [1.29, 1.82) is 0 Å². The average molecular weight is 268 g/mol. The van der Waals surface area contributed by atoms with Crippen LogP contribution in [0.2, 0.25) is 0 Å². The third-order valence-electron chi connectivity index (χ3n) is 3.00. The highest BCUT2D eigenvalue weighted by molar-refractivity contribution is 5.42. The largest absolute Gasteiger partial charge is 0.329 e. The van der Waals surface area contributed by atoms with Gasteiger partial charge in [-0.05, 0) is 52.0 Å². The van der Waals surface area contributed by atoms with Gasteiger partial charge in [-0.1, -0.05) is 23.7 Å². The second kappa shape index (κ2) is 6.62. The molecular formula is C18H24N2. The Kier molecular flexibility index (Phi) is 5.40. The third-order valence-corrected chi connectivity index (χ3v) is 3.00. The van der Waals surface area contributed by atoms with Gasteiger partial charge in [-0.15, -0.1) is 0 Å². The van der Waals surface area contributed by atoms with Crippen LogP contribution in [0.25, 0.3) is 0 Å². The Labute approximate surface area is 122 Å². The van der Waals surface area contributed by atoms with Crippen molar-refractivity contribution >= 4 is 0 Å². The summed E-state index contributed by atoms with van der Waals surface area (Å²) < 4.78 is 0. The molecule has 0 bridgehead atoms. The first-order chi connectivity index (χ1) is 9.28. The van der Waals surface area contributed by atoms with E-state index in [2.05, 4.69) is 23.7 Å². The molecule has 0 saturated heterocycles. The van der Waals surface area contributed by atoms with Gasteiger partial charge in [0.2, 0.25) is 0 Å². The molecular weight excluding hydrogens is 244 g/mol. The van der Waals surface area contributed by atoms with Crippen LogP contribution in [0.15, 0.2) is 24.3 Å². The second-order valence-corrected chi connectivity index (χ2v) is 6.25. The Hall–Kier alpha value is -1.74. The van der Waals surface area contributed by atoms with Gasteiger partial charge in [-0.25, -0.2) is 0 Å². The Morgan fingerprint density at radius 2 is 1.05 bits per heavy atom. The van der Waals surface area contributed by atoms with Crippen molar-refractivity contribution in [2.75, 3.05) is 13.1 Å². The molecule has 20 heavy (non-hydrogen) atoms. The van der Waals surface area contributed by atoms with Gasteiger partial charge in [0.25, 0.3) is 0 Å². The fraction of sp³-hybridized carbons (Fsp3) is 0.444. The highest BCUT2D eigenvalue weighted by Gasteiger charge is 2.11. The molecule has 1 aromatic rings.